The van der Waals surface area contributed by atoms with Gasteiger partial charge in [0.2, 0.25) is 0 Å². The van der Waals surface area contributed by atoms with E-state index in [0.29, 0.717) is 6.42 Å². The Morgan fingerprint density at radius 2 is 1.13 bits per heavy atom. The van der Waals surface area contributed by atoms with Crippen LogP contribution in [0, 0.1) is 11.8 Å². The molecule has 1 unspecified atom stereocenters. The molecule has 0 amide bonds. The number of rotatable bonds is 6. The summed E-state index contributed by atoms with van der Waals surface area (Å²) in [5, 5.41) is 1.31. The summed E-state index contributed by atoms with van der Waals surface area (Å²) in [6, 6.07) is 81.5. The second-order valence-corrected chi connectivity index (χ2v) is 23.6. The molecule has 1 aromatic heterocycles. The zero-order valence-corrected chi connectivity index (χ0v) is 43.8. The number of allylic oxidation sites excluding steroid dienone is 2. The van der Waals surface area contributed by atoms with Gasteiger partial charge in [0, 0.05) is 48.7 Å². The molecule has 15 rings (SSSR count). The van der Waals surface area contributed by atoms with Crippen molar-refractivity contribution in [1.82, 2.24) is 0 Å². The fourth-order valence-electron chi connectivity index (χ4n) is 14.4. The van der Waals surface area contributed by atoms with E-state index in [4.69, 9.17) is 0 Å². The molecule has 9 aromatic carbocycles. The van der Waals surface area contributed by atoms with Crippen molar-refractivity contribution in [3.8, 4) is 56.3 Å². The van der Waals surface area contributed by atoms with Crippen molar-refractivity contribution in [1.29, 1.82) is 0 Å². The highest BCUT2D eigenvalue weighted by atomic mass is 32.2. The van der Waals surface area contributed by atoms with Crippen molar-refractivity contribution in [3.63, 3.8) is 0 Å². The molecule has 0 saturated heterocycles. The lowest BCUT2D eigenvalue weighted by Crippen LogP contribution is -2.64. The van der Waals surface area contributed by atoms with Gasteiger partial charge in [-0.15, -0.1) is 11.3 Å². The number of hydrogen-bond donors (Lipinski definition) is 0. The summed E-state index contributed by atoms with van der Waals surface area (Å²) in [7, 11) is 0. The highest BCUT2D eigenvalue weighted by Gasteiger charge is 2.67. The molecule has 10 aromatic rings. The maximum Gasteiger partial charge on any atom is 0.0945 e. The van der Waals surface area contributed by atoms with Crippen molar-refractivity contribution in [2.75, 3.05) is 4.90 Å². The van der Waals surface area contributed by atoms with E-state index in [0.717, 1.165) is 25.7 Å². The minimum Gasteiger partial charge on any atom is -0.328 e. The van der Waals surface area contributed by atoms with Crippen LogP contribution in [0.3, 0.4) is 0 Å². The van der Waals surface area contributed by atoms with Crippen LogP contribution in [0.15, 0.2) is 228 Å². The summed E-state index contributed by atoms with van der Waals surface area (Å²) >= 11 is 3.96. The van der Waals surface area contributed by atoms with E-state index in [9.17, 15) is 0 Å². The molecular weight excluding hydrogens is 943 g/mol. The van der Waals surface area contributed by atoms with Gasteiger partial charge in [0.15, 0.2) is 0 Å². The average Bonchev–Trinajstić information content (AvgIpc) is 4.12. The van der Waals surface area contributed by atoms with Gasteiger partial charge >= 0.3 is 0 Å². The fraction of sp³-hybridized carbons (Fsp3) is 0.139. The molecule has 1 nitrogen and oxygen atoms in total. The minimum absolute atomic E-state index is 0.136. The first-order valence-electron chi connectivity index (χ1n) is 26.6. The third-order valence-corrected chi connectivity index (χ3v) is 19.9. The van der Waals surface area contributed by atoms with E-state index in [2.05, 4.69) is 255 Å². The zero-order chi connectivity index (χ0) is 49.9. The van der Waals surface area contributed by atoms with Crippen LogP contribution in [0.5, 0.6) is 0 Å². The van der Waals surface area contributed by atoms with Crippen LogP contribution in [0.2, 0.25) is 0 Å². The van der Waals surface area contributed by atoms with Gasteiger partial charge in [0.1, 0.15) is 0 Å². The van der Waals surface area contributed by atoms with E-state index >= 15 is 0 Å². The van der Waals surface area contributed by atoms with Gasteiger partial charge in [-0.2, -0.15) is 0 Å². The van der Waals surface area contributed by atoms with E-state index in [-0.39, 0.29) is 5.41 Å². The highest BCUT2D eigenvalue weighted by Crippen LogP contribution is 2.72. The number of fused-ring (bicyclic) bond motifs is 15. The number of benzene rings is 9. The SMILES string of the molecule is CC1(C)c2ccccc2-c2c(C3=C4Sc5ccccc5C5(c6ccccc6-c6ccccc65)C4(N(c4cccc(-c5cccc(-c6ccccc6)c5)c4)c4cccc5sc6c(c45)CC#CCC=C6)CCC3)cccc21. The van der Waals surface area contributed by atoms with Gasteiger partial charge < -0.3 is 4.90 Å². The molecule has 0 saturated carbocycles. The van der Waals surface area contributed by atoms with Crippen molar-refractivity contribution in [3.05, 3.63) is 267 Å². The Labute approximate surface area is 449 Å². The van der Waals surface area contributed by atoms with Crippen LogP contribution in [-0.2, 0) is 17.3 Å². The smallest absolute Gasteiger partial charge is 0.0945 e. The largest absolute Gasteiger partial charge is 0.328 e. The molecular formula is C72H53NS2. The number of anilines is 2. The van der Waals surface area contributed by atoms with Crippen molar-refractivity contribution in [2.45, 2.75) is 67.2 Å². The second-order valence-electron chi connectivity index (χ2n) is 21.4. The van der Waals surface area contributed by atoms with Gasteiger partial charge in [-0.3, -0.25) is 0 Å². The monoisotopic (exact) mass is 995 g/mol. The quantitative estimate of drug-likeness (QED) is 0.153. The van der Waals surface area contributed by atoms with E-state index in [1.807, 2.05) is 23.1 Å². The summed E-state index contributed by atoms with van der Waals surface area (Å²) in [6.07, 6.45) is 8.98. The van der Waals surface area contributed by atoms with Crippen LogP contribution in [-0.4, -0.2) is 5.54 Å². The van der Waals surface area contributed by atoms with Crippen LogP contribution in [0.1, 0.15) is 83.4 Å². The van der Waals surface area contributed by atoms with E-state index in [1.165, 1.54) is 125 Å². The zero-order valence-electron chi connectivity index (χ0n) is 42.2. The predicted molar refractivity (Wildman–Crippen MR) is 318 cm³/mol. The molecule has 5 aliphatic rings. The molecule has 0 radical (unpaired) electrons. The molecule has 75 heavy (non-hydrogen) atoms. The number of thiophene rings is 1. The lowest BCUT2D eigenvalue weighted by atomic mass is 9.54. The third kappa shape index (κ3) is 6.34. The fourth-order valence-corrected chi connectivity index (χ4v) is 17.1. The van der Waals surface area contributed by atoms with Gasteiger partial charge in [-0.25, -0.2) is 0 Å². The molecule has 1 aliphatic heterocycles. The Morgan fingerprint density at radius 1 is 0.520 bits per heavy atom. The molecule has 0 N–H and O–H groups in total. The molecule has 2 heterocycles. The molecule has 0 bridgehead atoms. The molecule has 1 atom stereocenters. The molecule has 1 spiro atoms. The summed E-state index contributed by atoms with van der Waals surface area (Å²) < 4.78 is 1.30. The normalized spacial score (nSPS) is 17.8. The topological polar surface area (TPSA) is 3.24 Å². The summed E-state index contributed by atoms with van der Waals surface area (Å²) in [6.45, 7) is 4.85. The minimum atomic E-state index is -0.699. The van der Waals surface area contributed by atoms with Gasteiger partial charge in [0.05, 0.1) is 16.6 Å². The standard InChI is InChI=1S/C72H53NS2/c1-70(2)58-35-13-12-31-56(58)67-54(33-20-39-62(67)70)55-34-22-44-71(69(55)75-65-42-17-16-38-61(65)72(71)59-36-14-10-29-52(59)53-30-11-15-37-60(53)72)73(63-40-21-43-66-68(63)57-32-8-3-4-9-41-64(57)74-66)51-28-19-27-50(46-51)49-26-18-25-48(45-49)47-23-6-5-7-24-47/h5-7,9-21,23-31,33,35-43,45-46H,4,22,32,34,44H2,1-2H3. The molecule has 358 valence electrons. The van der Waals surface area contributed by atoms with Crippen molar-refractivity contribution < 1.29 is 0 Å². The highest BCUT2D eigenvalue weighted by molar-refractivity contribution is 8.03. The van der Waals surface area contributed by atoms with E-state index in [1.54, 1.807) is 0 Å². The van der Waals surface area contributed by atoms with Crippen LogP contribution in [0.4, 0.5) is 11.4 Å². The first-order valence-corrected chi connectivity index (χ1v) is 28.3. The maximum absolute atomic E-state index is 3.64. The van der Waals surface area contributed by atoms with Gasteiger partial charge in [-0.05, 0) is 151 Å². The Bertz CT molecular complexity index is 4090. The van der Waals surface area contributed by atoms with Crippen LogP contribution in [0.25, 0.3) is 66.2 Å². The number of nitrogens with zero attached hydrogens (tertiary/aromatic N) is 1. The summed E-state index contributed by atoms with van der Waals surface area (Å²) in [5.41, 5.74) is 22.3. The summed E-state index contributed by atoms with van der Waals surface area (Å²) in [4.78, 5) is 7.00. The Morgan fingerprint density at radius 3 is 1.93 bits per heavy atom. The number of thioether (sulfide) groups is 1. The van der Waals surface area contributed by atoms with Crippen molar-refractivity contribution >= 4 is 56.2 Å². The van der Waals surface area contributed by atoms with E-state index < -0.39 is 11.0 Å². The van der Waals surface area contributed by atoms with Crippen molar-refractivity contribution in [2.24, 2.45) is 0 Å². The summed E-state index contributed by atoms with van der Waals surface area (Å²) in [5.74, 6) is 7.12. The lowest BCUT2D eigenvalue weighted by Gasteiger charge is -2.62. The first kappa shape index (κ1) is 44.6. The molecule has 4 aliphatic carbocycles. The van der Waals surface area contributed by atoms with Gasteiger partial charge in [0.25, 0.3) is 0 Å². The van der Waals surface area contributed by atoms with Gasteiger partial charge in [-0.1, -0.05) is 219 Å². The maximum atomic E-state index is 3.64. The molecule has 0 fully saturated rings. The van der Waals surface area contributed by atoms with Crippen LogP contribution >= 0.6 is 23.1 Å². The predicted octanol–water partition coefficient (Wildman–Crippen LogP) is 19.1. The lowest BCUT2D eigenvalue weighted by molar-refractivity contribution is 0.320. The third-order valence-electron chi connectivity index (χ3n) is 17.4. The Kier molecular flexibility index (Phi) is 10.2. The second kappa shape index (κ2) is 17.1. The number of hydrogen-bond acceptors (Lipinski definition) is 3. The average molecular weight is 996 g/mol. The Hall–Kier alpha value is -7.87. The first-order chi connectivity index (χ1) is 37.0. The molecule has 3 heteroatoms. The Balaban J connectivity index is 1.12. The van der Waals surface area contributed by atoms with Crippen LogP contribution < -0.4 is 4.90 Å².